The molecule has 1 aliphatic rings. The van der Waals surface area contributed by atoms with Gasteiger partial charge in [0.2, 0.25) is 11.0 Å². The minimum atomic E-state index is -0.424. The molecule has 22 heavy (non-hydrogen) atoms. The minimum Gasteiger partial charge on any atom is -0.344 e. The maximum absolute atomic E-state index is 12.3. The normalized spacial score (nSPS) is 21.5. The van der Waals surface area contributed by atoms with Gasteiger partial charge in [0.1, 0.15) is 6.04 Å². The number of thioether (sulfide) groups is 1. The van der Waals surface area contributed by atoms with Crippen LogP contribution in [-0.4, -0.2) is 22.3 Å². The number of hydrogen-bond acceptors (Lipinski definition) is 3. The summed E-state index contributed by atoms with van der Waals surface area (Å²) in [5.74, 6) is -0.0469. The Labute approximate surface area is 134 Å². The summed E-state index contributed by atoms with van der Waals surface area (Å²) >= 11 is 1.17. The zero-order valence-electron chi connectivity index (χ0n) is 12.1. The fourth-order valence-electron chi connectivity index (χ4n) is 2.55. The van der Waals surface area contributed by atoms with Gasteiger partial charge in [0.05, 0.1) is 5.25 Å². The molecule has 112 valence electrons. The van der Waals surface area contributed by atoms with Gasteiger partial charge in [0.25, 0.3) is 0 Å². The lowest BCUT2D eigenvalue weighted by Crippen LogP contribution is -2.51. The van der Waals surface area contributed by atoms with Crippen molar-refractivity contribution >= 4 is 22.8 Å². The van der Waals surface area contributed by atoms with Gasteiger partial charge in [-0.05, 0) is 17.5 Å². The summed E-state index contributed by atoms with van der Waals surface area (Å²) in [6, 6.07) is 19.1. The molecule has 1 N–H and O–H groups in total. The van der Waals surface area contributed by atoms with E-state index >= 15 is 0 Å². The molecule has 0 bridgehead atoms. The van der Waals surface area contributed by atoms with E-state index in [2.05, 4.69) is 5.32 Å². The zero-order valence-corrected chi connectivity index (χ0v) is 12.9. The fraction of sp³-hybridized carbons (Fsp3) is 0.222. The molecule has 1 aliphatic heterocycles. The molecule has 0 spiro atoms. The van der Waals surface area contributed by atoms with Crippen molar-refractivity contribution in [2.24, 2.45) is 0 Å². The lowest BCUT2D eigenvalue weighted by atomic mass is 10.1. The van der Waals surface area contributed by atoms with Crippen LogP contribution < -0.4 is 5.32 Å². The summed E-state index contributed by atoms with van der Waals surface area (Å²) in [4.78, 5) is 24.6. The first-order valence-electron chi connectivity index (χ1n) is 7.31. The van der Waals surface area contributed by atoms with Gasteiger partial charge in [-0.3, -0.25) is 9.59 Å². The molecule has 0 radical (unpaired) electrons. The lowest BCUT2D eigenvalue weighted by molar-refractivity contribution is -0.125. The molecular formula is C18H17NO2S. The van der Waals surface area contributed by atoms with E-state index in [1.165, 1.54) is 11.8 Å². The van der Waals surface area contributed by atoms with E-state index in [1.54, 1.807) is 0 Å². The predicted molar refractivity (Wildman–Crippen MR) is 88.6 cm³/mol. The van der Waals surface area contributed by atoms with Gasteiger partial charge in [0.15, 0.2) is 0 Å². The monoisotopic (exact) mass is 311 g/mol. The van der Waals surface area contributed by atoms with Crippen LogP contribution in [0.5, 0.6) is 0 Å². The average Bonchev–Trinajstić information content (AvgIpc) is 2.54. The van der Waals surface area contributed by atoms with Crippen molar-refractivity contribution in [1.82, 2.24) is 5.32 Å². The predicted octanol–water partition coefficient (Wildman–Crippen LogP) is 2.60. The standard InChI is InChI=1S/C18H17NO2S/c20-17-16(12-14-9-5-2-6-10-14)22-18(21)15(19-17)11-13-7-3-1-4-8-13/h1-10,15-16H,11-12H2,(H,19,20)/t15-,16+/m0/s1. The third-order valence-electron chi connectivity index (χ3n) is 3.70. The molecule has 4 heteroatoms. The molecular weight excluding hydrogens is 294 g/mol. The van der Waals surface area contributed by atoms with Crippen LogP contribution in [0.3, 0.4) is 0 Å². The Morgan fingerprint density at radius 2 is 1.36 bits per heavy atom. The van der Waals surface area contributed by atoms with Crippen LogP contribution in [0.25, 0.3) is 0 Å². The smallest absolute Gasteiger partial charge is 0.234 e. The molecule has 0 aliphatic carbocycles. The van der Waals surface area contributed by atoms with Crippen molar-refractivity contribution in [3.05, 3.63) is 71.8 Å². The number of benzene rings is 2. The summed E-state index contributed by atoms with van der Waals surface area (Å²) in [7, 11) is 0. The highest BCUT2D eigenvalue weighted by atomic mass is 32.2. The largest absolute Gasteiger partial charge is 0.344 e. The Morgan fingerprint density at radius 1 is 0.818 bits per heavy atom. The molecule has 0 saturated carbocycles. The third kappa shape index (κ3) is 3.57. The molecule has 2 aromatic rings. The van der Waals surface area contributed by atoms with E-state index in [1.807, 2.05) is 60.7 Å². The van der Waals surface area contributed by atoms with Gasteiger partial charge in [-0.15, -0.1) is 0 Å². The second-order valence-corrected chi connectivity index (χ2v) is 6.57. The highest BCUT2D eigenvalue weighted by Crippen LogP contribution is 2.24. The number of hydrogen-bond donors (Lipinski definition) is 1. The number of rotatable bonds is 4. The maximum Gasteiger partial charge on any atom is 0.234 e. The summed E-state index contributed by atoms with van der Waals surface area (Å²) in [6.07, 6.45) is 1.14. The molecule has 1 amide bonds. The van der Waals surface area contributed by atoms with Gasteiger partial charge < -0.3 is 5.32 Å². The van der Waals surface area contributed by atoms with Crippen molar-refractivity contribution < 1.29 is 9.59 Å². The second-order valence-electron chi connectivity index (χ2n) is 5.37. The summed E-state index contributed by atoms with van der Waals surface area (Å²) in [6.45, 7) is 0. The average molecular weight is 311 g/mol. The molecule has 1 saturated heterocycles. The molecule has 1 heterocycles. The van der Waals surface area contributed by atoms with Crippen LogP contribution in [0.2, 0.25) is 0 Å². The molecule has 0 unspecified atom stereocenters. The topological polar surface area (TPSA) is 46.2 Å². The van der Waals surface area contributed by atoms with Crippen molar-refractivity contribution in [3.8, 4) is 0 Å². The quantitative estimate of drug-likeness (QED) is 0.944. The van der Waals surface area contributed by atoms with Crippen LogP contribution in [-0.2, 0) is 22.4 Å². The fourth-order valence-corrected chi connectivity index (χ4v) is 3.58. The number of nitrogens with one attached hydrogen (secondary N) is 1. The van der Waals surface area contributed by atoms with Crippen molar-refractivity contribution in [2.45, 2.75) is 24.1 Å². The second kappa shape index (κ2) is 6.79. The first-order chi connectivity index (χ1) is 10.7. The summed E-state index contributed by atoms with van der Waals surface area (Å²) in [5, 5.41) is 2.59. The number of amides is 1. The van der Waals surface area contributed by atoms with Gasteiger partial charge in [-0.25, -0.2) is 0 Å². The Kier molecular flexibility index (Phi) is 4.59. The van der Waals surface area contributed by atoms with Crippen LogP contribution in [0.1, 0.15) is 11.1 Å². The first-order valence-corrected chi connectivity index (χ1v) is 8.19. The van der Waals surface area contributed by atoms with Crippen molar-refractivity contribution in [2.75, 3.05) is 0 Å². The van der Waals surface area contributed by atoms with E-state index in [0.717, 1.165) is 11.1 Å². The van der Waals surface area contributed by atoms with Crippen LogP contribution in [0, 0.1) is 0 Å². The van der Waals surface area contributed by atoms with E-state index < -0.39 is 6.04 Å². The Balaban J connectivity index is 1.64. The van der Waals surface area contributed by atoms with Crippen LogP contribution in [0.15, 0.2) is 60.7 Å². The highest BCUT2D eigenvalue weighted by Gasteiger charge is 2.34. The van der Waals surface area contributed by atoms with Gasteiger partial charge >= 0.3 is 0 Å². The molecule has 2 atom stereocenters. The third-order valence-corrected chi connectivity index (χ3v) is 4.88. The zero-order chi connectivity index (χ0) is 15.4. The molecule has 2 aromatic carbocycles. The van der Waals surface area contributed by atoms with Crippen LogP contribution in [0.4, 0.5) is 0 Å². The van der Waals surface area contributed by atoms with Gasteiger partial charge in [0, 0.05) is 6.42 Å². The maximum atomic E-state index is 12.3. The van der Waals surface area contributed by atoms with E-state index in [0.29, 0.717) is 12.8 Å². The minimum absolute atomic E-state index is 0.0457. The Morgan fingerprint density at radius 3 is 1.95 bits per heavy atom. The molecule has 1 fully saturated rings. The Bertz CT molecular complexity index is 598. The highest BCUT2D eigenvalue weighted by molar-refractivity contribution is 8.15. The van der Waals surface area contributed by atoms with E-state index in [4.69, 9.17) is 0 Å². The summed E-state index contributed by atoms with van der Waals surface area (Å²) < 4.78 is 0. The van der Waals surface area contributed by atoms with Gasteiger partial charge in [-0.1, -0.05) is 72.4 Å². The Hall–Kier alpha value is -2.07. The molecule has 3 nitrogen and oxygen atoms in total. The molecule has 0 aromatic heterocycles. The summed E-state index contributed by atoms with van der Waals surface area (Å²) in [5.41, 5.74) is 2.13. The number of carbonyl (C=O) groups excluding carboxylic acids is 2. The molecule has 3 rings (SSSR count). The number of carbonyl (C=O) groups is 2. The van der Waals surface area contributed by atoms with Crippen LogP contribution >= 0.6 is 11.8 Å². The van der Waals surface area contributed by atoms with E-state index in [-0.39, 0.29) is 16.3 Å². The van der Waals surface area contributed by atoms with Crippen molar-refractivity contribution in [1.29, 1.82) is 0 Å². The first kappa shape index (κ1) is 14.9. The SMILES string of the molecule is O=C1S[C@H](Cc2ccccc2)C(=O)N[C@H]1Cc1ccccc1. The lowest BCUT2D eigenvalue weighted by Gasteiger charge is -2.27. The van der Waals surface area contributed by atoms with Crippen molar-refractivity contribution in [3.63, 3.8) is 0 Å². The van der Waals surface area contributed by atoms with E-state index in [9.17, 15) is 9.59 Å². The van der Waals surface area contributed by atoms with Gasteiger partial charge in [-0.2, -0.15) is 0 Å².